The first-order chi connectivity index (χ1) is 11.0. The third-order valence-corrected chi connectivity index (χ3v) is 3.88. The highest BCUT2D eigenvalue weighted by molar-refractivity contribution is 5.91. The summed E-state index contributed by atoms with van der Waals surface area (Å²) >= 11 is 0. The summed E-state index contributed by atoms with van der Waals surface area (Å²) in [5, 5.41) is 6.21. The van der Waals surface area contributed by atoms with Gasteiger partial charge in [0, 0.05) is 11.6 Å². The molecule has 122 valence electrons. The van der Waals surface area contributed by atoms with Crippen molar-refractivity contribution in [3.63, 3.8) is 0 Å². The normalized spacial score (nSPS) is 10.7. The fourth-order valence-electron chi connectivity index (χ4n) is 2.64. The van der Waals surface area contributed by atoms with Crippen LogP contribution in [0, 0.1) is 19.8 Å². The molecule has 0 aliphatic heterocycles. The number of carbonyl (C=O) groups excluding carboxylic acids is 1. The number of aromatic nitrogens is 1. The highest BCUT2D eigenvalue weighted by Crippen LogP contribution is 2.20. The van der Waals surface area contributed by atoms with Crippen LogP contribution in [0.1, 0.15) is 37.8 Å². The van der Waals surface area contributed by atoms with Gasteiger partial charge in [0.2, 0.25) is 5.91 Å². The largest absolute Gasteiger partial charge is 0.354 e. The molecule has 0 fully saturated rings. The Morgan fingerprint density at radius 3 is 2.22 bits per heavy atom. The van der Waals surface area contributed by atoms with Crippen LogP contribution in [-0.2, 0) is 4.79 Å². The van der Waals surface area contributed by atoms with Crippen molar-refractivity contribution in [3.05, 3.63) is 47.7 Å². The number of hydrogen-bond acceptors (Lipinski definition) is 3. The van der Waals surface area contributed by atoms with Crippen molar-refractivity contribution in [1.29, 1.82) is 0 Å². The number of benzene rings is 1. The Balaban J connectivity index is 2.03. The van der Waals surface area contributed by atoms with Crippen molar-refractivity contribution in [2.75, 3.05) is 10.6 Å². The minimum absolute atomic E-state index is 0.0394. The maximum atomic E-state index is 12.1. The highest BCUT2D eigenvalue weighted by atomic mass is 16.1. The molecule has 2 rings (SSSR count). The monoisotopic (exact) mass is 311 g/mol. The van der Waals surface area contributed by atoms with Gasteiger partial charge in [-0.3, -0.25) is 4.79 Å². The van der Waals surface area contributed by atoms with Gasteiger partial charge in [0.25, 0.3) is 0 Å². The summed E-state index contributed by atoms with van der Waals surface area (Å²) < 4.78 is 0. The van der Waals surface area contributed by atoms with E-state index in [-0.39, 0.29) is 11.8 Å². The summed E-state index contributed by atoms with van der Waals surface area (Å²) in [5.74, 6) is 0.676. The second-order valence-electron chi connectivity index (χ2n) is 5.94. The molecule has 0 aliphatic rings. The molecule has 4 nitrogen and oxygen atoms in total. The van der Waals surface area contributed by atoms with Crippen LogP contribution < -0.4 is 10.6 Å². The average molecular weight is 311 g/mol. The fraction of sp³-hybridized carbons (Fsp3) is 0.368. The molecule has 2 N–H and O–H groups in total. The van der Waals surface area contributed by atoms with Crippen molar-refractivity contribution in [2.24, 2.45) is 5.92 Å². The summed E-state index contributed by atoms with van der Waals surface area (Å²) in [5.41, 5.74) is 4.37. The summed E-state index contributed by atoms with van der Waals surface area (Å²) in [4.78, 5) is 16.4. The van der Waals surface area contributed by atoms with E-state index in [2.05, 4.69) is 47.7 Å². The molecule has 0 saturated heterocycles. The molecule has 0 aliphatic carbocycles. The quantitative estimate of drug-likeness (QED) is 0.804. The smallest absolute Gasteiger partial charge is 0.228 e. The van der Waals surface area contributed by atoms with E-state index >= 15 is 0 Å². The molecule has 1 heterocycles. The summed E-state index contributed by atoms with van der Waals surface area (Å²) in [6.45, 7) is 8.20. The predicted molar refractivity (Wildman–Crippen MR) is 96.1 cm³/mol. The Morgan fingerprint density at radius 2 is 1.70 bits per heavy atom. The molecule has 4 heteroatoms. The zero-order chi connectivity index (χ0) is 16.8. The van der Waals surface area contributed by atoms with Gasteiger partial charge in [0.05, 0.1) is 11.9 Å². The molecule has 1 amide bonds. The number of rotatable bonds is 6. The van der Waals surface area contributed by atoms with Gasteiger partial charge in [-0.2, -0.15) is 0 Å². The first-order valence-corrected chi connectivity index (χ1v) is 8.14. The lowest BCUT2D eigenvalue weighted by atomic mass is 10.0. The number of hydrogen-bond donors (Lipinski definition) is 2. The predicted octanol–water partition coefficient (Wildman–Crippen LogP) is 4.82. The molecule has 0 bridgehead atoms. The summed E-state index contributed by atoms with van der Waals surface area (Å²) in [7, 11) is 0. The minimum Gasteiger partial charge on any atom is -0.354 e. The highest BCUT2D eigenvalue weighted by Gasteiger charge is 2.14. The van der Waals surface area contributed by atoms with Crippen LogP contribution in [-0.4, -0.2) is 10.9 Å². The molecule has 1 aromatic carbocycles. The van der Waals surface area contributed by atoms with Crippen molar-refractivity contribution in [2.45, 2.75) is 40.5 Å². The first kappa shape index (κ1) is 17.0. The van der Waals surface area contributed by atoms with E-state index in [1.807, 2.05) is 26.0 Å². The molecule has 2 aromatic rings. The number of nitrogens with zero attached hydrogens (tertiary/aromatic N) is 1. The number of aryl methyl sites for hydroxylation is 2. The Hall–Kier alpha value is -2.36. The van der Waals surface area contributed by atoms with Crippen LogP contribution in [0.25, 0.3) is 0 Å². The van der Waals surface area contributed by atoms with Crippen molar-refractivity contribution < 1.29 is 4.79 Å². The lowest BCUT2D eigenvalue weighted by Gasteiger charge is -2.13. The average Bonchev–Trinajstić information content (AvgIpc) is 2.49. The Labute approximate surface area is 138 Å². The number of carbonyl (C=O) groups is 1. The molecule has 0 spiro atoms. The number of anilines is 3. The van der Waals surface area contributed by atoms with Crippen molar-refractivity contribution >= 4 is 23.1 Å². The van der Waals surface area contributed by atoms with Crippen LogP contribution in [0.3, 0.4) is 0 Å². The molecule has 1 aromatic heterocycles. The third kappa shape index (κ3) is 4.81. The van der Waals surface area contributed by atoms with Crippen LogP contribution in [0.5, 0.6) is 0 Å². The molecule has 0 unspecified atom stereocenters. The number of pyridine rings is 1. The van der Waals surface area contributed by atoms with E-state index in [0.717, 1.165) is 24.2 Å². The lowest BCUT2D eigenvalue weighted by molar-refractivity contribution is -0.120. The van der Waals surface area contributed by atoms with Gasteiger partial charge in [-0.25, -0.2) is 4.98 Å². The van der Waals surface area contributed by atoms with E-state index in [1.165, 1.54) is 11.1 Å². The van der Waals surface area contributed by atoms with Gasteiger partial charge in [0.15, 0.2) is 0 Å². The van der Waals surface area contributed by atoms with Gasteiger partial charge in [0.1, 0.15) is 5.82 Å². The maximum absolute atomic E-state index is 12.1. The van der Waals surface area contributed by atoms with Crippen LogP contribution in [0.15, 0.2) is 36.5 Å². The standard InChI is InChI=1S/C19H25N3O/c1-5-15(6-2)19(23)22-18-8-7-16(12-20-18)21-17-10-13(3)9-14(4)11-17/h7-12,15,21H,5-6H2,1-4H3,(H,20,22,23). The molecule has 0 radical (unpaired) electrons. The van der Waals surface area contributed by atoms with Crippen molar-refractivity contribution in [1.82, 2.24) is 4.98 Å². The SMILES string of the molecule is CCC(CC)C(=O)Nc1ccc(Nc2cc(C)cc(C)c2)cn1. The van der Waals surface area contributed by atoms with E-state index in [1.54, 1.807) is 6.20 Å². The zero-order valence-electron chi connectivity index (χ0n) is 14.3. The van der Waals surface area contributed by atoms with E-state index in [0.29, 0.717) is 5.82 Å². The maximum Gasteiger partial charge on any atom is 0.228 e. The number of nitrogens with one attached hydrogen (secondary N) is 2. The second-order valence-corrected chi connectivity index (χ2v) is 5.94. The second kappa shape index (κ2) is 7.77. The molecular weight excluding hydrogens is 286 g/mol. The Morgan fingerprint density at radius 1 is 1.04 bits per heavy atom. The van der Waals surface area contributed by atoms with E-state index in [9.17, 15) is 4.79 Å². The first-order valence-electron chi connectivity index (χ1n) is 8.14. The molecular formula is C19H25N3O. The van der Waals surface area contributed by atoms with E-state index < -0.39 is 0 Å². The summed E-state index contributed by atoms with van der Waals surface area (Å²) in [6.07, 6.45) is 3.42. The van der Waals surface area contributed by atoms with Gasteiger partial charge in [-0.15, -0.1) is 0 Å². The van der Waals surface area contributed by atoms with Crippen LogP contribution in [0.2, 0.25) is 0 Å². The molecule has 0 atom stereocenters. The topological polar surface area (TPSA) is 54.0 Å². The third-order valence-electron chi connectivity index (χ3n) is 3.88. The Bertz CT molecular complexity index is 641. The molecule has 23 heavy (non-hydrogen) atoms. The fourth-order valence-corrected chi connectivity index (χ4v) is 2.64. The van der Waals surface area contributed by atoms with Crippen LogP contribution >= 0.6 is 0 Å². The van der Waals surface area contributed by atoms with Gasteiger partial charge in [-0.05, 0) is 62.1 Å². The summed E-state index contributed by atoms with van der Waals surface area (Å²) in [6, 6.07) is 10.1. The Kier molecular flexibility index (Phi) is 5.74. The number of amides is 1. The van der Waals surface area contributed by atoms with Crippen LogP contribution in [0.4, 0.5) is 17.2 Å². The molecule has 0 saturated carbocycles. The van der Waals surface area contributed by atoms with Gasteiger partial charge >= 0.3 is 0 Å². The lowest BCUT2D eigenvalue weighted by Crippen LogP contribution is -2.22. The van der Waals surface area contributed by atoms with Gasteiger partial charge < -0.3 is 10.6 Å². The van der Waals surface area contributed by atoms with E-state index in [4.69, 9.17) is 0 Å². The van der Waals surface area contributed by atoms with Crippen molar-refractivity contribution in [3.8, 4) is 0 Å². The minimum atomic E-state index is 0.0394. The zero-order valence-corrected chi connectivity index (χ0v) is 14.3. The van der Waals surface area contributed by atoms with Gasteiger partial charge in [-0.1, -0.05) is 19.9 Å².